The zero-order valence-corrected chi connectivity index (χ0v) is 11.9. The first kappa shape index (κ1) is 13.6. The van der Waals surface area contributed by atoms with E-state index in [4.69, 9.17) is 4.74 Å². The SMILES string of the molecule is COc1ccc(C(O)Cc2ccccn2)c2ccccc12. The fraction of sp³-hybridized carbons (Fsp3) is 0.167. The van der Waals surface area contributed by atoms with Gasteiger partial charge in [0.05, 0.1) is 13.2 Å². The molecular formula is C18H17NO2. The Morgan fingerprint density at radius 3 is 2.48 bits per heavy atom. The van der Waals surface area contributed by atoms with E-state index in [0.29, 0.717) is 6.42 Å². The average molecular weight is 279 g/mol. The molecule has 1 heterocycles. The molecule has 0 aliphatic rings. The van der Waals surface area contributed by atoms with Crippen LogP contribution in [0.25, 0.3) is 10.8 Å². The maximum absolute atomic E-state index is 10.6. The van der Waals surface area contributed by atoms with E-state index in [9.17, 15) is 5.11 Å². The Morgan fingerprint density at radius 2 is 1.76 bits per heavy atom. The summed E-state index contributed by atoms with van der Waals surface area (Å²) >= 11 is 0. The van der Waals surface area contributed by atoms with E-state index >= 15 is 0 Å². The largest absolute Gasteiger partial charge is 0.496 e. The molecular weight excluding hydrogens is 262 g/mol. The summed E-state index contributed by atoms with van der Waals surface area (Å²) in [4.78, 5) is 4.27. The van der Waals surface area contributed by atoms with Gasteiger partial charge >= 0.3 is 0 Å². The van der Waals surface area contributed by atoms with Crippen LogP contribution >= 0.6 is 0 Å². The van der Waals surface area contributed by atoms with Gasteiger partial charge in [0.2, 0.25) is 0 Å². The molecule has 0 radical (unpaired) electrons. The normalized spacial score (nSPS) is 12.3. The summed E-state index contributed by atoms with van der Waals surface area (Å²) in [6.45, 7) is 0. The lowest BCUT2D eigenvalue weighted by atomic mass is 9.97. The third-order valence-electron chi connectivity index (χ3n) is 3.63. The van der Waals surface area contributed by atoms with Gasteiger partial charge in [-0.15, -0.1) is 0 Å². The highest BCUT2D eigenvalue weighted by molar-refractivity contribution is 5.91. The molecule has 1 N–H and O–H groups in total. The van der Waals surface area contributed by atoms with Crippen molar-refractivity contribution in [1.29, 1.82) is 0 Å². The molecule has 21 heavy (non-hydrogen) atoms. The van der Waals surface area contributed by atoms with Crippen LogP contribution in [0.3, 0.4) is 0 Å². The highest BCUT2D eigenvalue weighted by Crippen LogP contribution is 2.32. The molecule has 3 nitrogen and oxygen atoms in total. The van der Waals surface area contributed by atoms with E-state index in [-0.39, 0.29) is 0 Å². The number of hydrogen-bond acceptors (Lipinski definition) is 3. The van der Waals surface area contributed by atoms with Gasteiger partial charge in [-0.2, -0.15) is 0 Å². The van der Waals surface area contributed by atoms with Crippen molar-refractivity contribution in [2.75, 3.05) is 7.11 Å². The lowest BCUT2D eigenvalue weighted by Crippen LogP contribution is -2.04. The number of pyridine rings is 1. The molecule has 0 saturated heterocycles. The van der Waals surface area contributed by atoms with Crippen LogP contribution in [0.5, 0.6) is 5.75 Å². The van der Waals surface area contributed by atoms with Gasteiger partial charge in [0.15, 0.2) is 0 Å². The molecule has 0 aliphatic carbocycles. The van der Waals surface area contributed by atoms with E-state index in [2.05, 4.69) is 4.98 Å². The lowest BCUT2D eigenvalue weighted by molar-refractivity contribution is 0.178. The molecule has 2 aromatic carbocycles. The Balaban J connectivity index is 2.00. The predicted molar refractivity (Wildman–Crippen MR) is 83.4 cm³/mol. The number of hydrogen-bond donors (Lipinski definition) is 1. The van der Waals surface area contributed by atoms with Crippen molar-refractivity contribution in [3.8, 4) is 5.75 Å². The molecule has 0 saturated carbocycles. The van der Waals surface area contributed by atoms with E-state index in [0.717, 1.165) is 27.8 Å². The highest BCUT2D eigenvalue weighted by atomic mass is 16.5. The Labute approximate surface area is 123 Å². The van der Waals surface area contributed by atoms with Crippen LogP contribution in [0.1, 0.15) is 17.4 Å². The summed E-state index contributed by atoms with van der Waals surface area (Å²) in [6, 6.07) is 17.5. The number of ether oxygens (including phenoxy) is 1. The summed E-state index contributed by atoms with van der Waals surface area (Å²) in [7, 11) is 1.66. The molecule has 1 aromatic heterocycles. The van der Waals surface area contributed by atoms with Crippen molar-refractivity contribution in [2.45, 2.75) is 12.5 Å². The number of aliphatic hydroxyl groups is 1. The maximum Gasteiger partial charge on any atom is 0.126 e. The Kier molecular flexibility index (Phi) is 3.84. The third kappa shape index (κ3) is 2.73. The van der Waals surface area contributed by atoms with Crippen molar-refractivity contribution < 1.29 is 9.84 Å². The summed E-state index contributed by atoms with van der Waals surface area (Å²) in [5, 5.41) is 12.6. The number of aliphatic hydroxyl groups excluding tert-OH is 1. The molecule has 1 unspecified atom stereocenters. The molecule has 3 rings (SSSR count). The summed E-state index contributed by atoms with van der Waals surface area (Å²) in [6.07, 6.45) is 1.65. The van der Waals surface area contributed by atoms with E-state index in [1.54, 1.807) is 13.3 Å². The minimum absolute atomic E-state index is 0.497. The second kappa shape index (κ2) is 5.94. The van der Waals surface area contributed by atoms with Gasteiger partial charge in [0.1, 0.15) is 5.75 Å². The molecule has 0 amide bonds. The van der Waals surface area contributed by atoms with Crippen LogP contribution in [0.2, 0.25) is 0 Å². The monoisotopic (exact) mass is 279 g/mol. The topological polar surface area (TPSA) is 42.4 Å². The first-order valence-electron chi connectivity index (χ1n) is 6.93. The zero-order valence-electron chi connectivity index (χ0n) is 11.9. The Morgan fingerprint density at radius 1 is 1.00 bits per heavy atom. The van der Waals surface area contributed by atoms with Gasteiger partial charge < -0.3 is 9.84 Å². The second-order valence-corrected chi connectivity index (χ2v) is 4.94. The first-order chi connectivity index (χ1) is 10.3. The lowest BCUT2D eigenvalue weighted by Gasteiger charge is -2.15. The molecule has 106 valence electrons. The molecule has 3 heteroatoms. The quantitative estimate of drug-likeness (QED) is 0.794. The number of methoxy groups -OCH3 is 1. The van der Waals surface area contributed by atoms with Crippen molar-refractivity contribution in [1.82, 2.24) is 4.98 Å². The van der Waals surface area contributed by atoms with Gasteiger partial charge in [-0.3, -0.25) is 4.98 Å². The van der Waals surface area contributed by atoms with Gasteiger partial charge in [-0.25, -0.2) is 0 Å². The van der Waals surface area contributed by atoms with Gasteiger partial charge in [-0.1, -0.05) is 36.4 Å². The molecule has 0 spiro atoms. The number of benzene rings is 2. The van der Waals surface area contributed by atoms with Crippen molar-refractivity contribution >= 4 is 10.8 Å². The third-order valence-corrected chi connectivity index (χ3v) is 3.63. The minimum atomic E-state index is -0.587. The summed E-state index contributed by atoms with van der Waals surface area (Å²) < 4.78 is 5.39. The molecule has 0 fully saturated rings. The smallest absolute Gasteiger partial charge is 0.126 e. The fourth-order valence-electron chi connectivity index (χ4n) is 2.59. The van der Waals surface area contributed by atoms with Crippen LogP contribution < -0.4 is 4.74 Å². The second-order valence-electron chi connectivity index (χ2n) is 4.94. The van der Waals surface area contributed by atoms with Crippen LogP contribution in [0.15, 0.2) is 60.8 Å². The average Bonchev–Trinajstić information content (AvgIpc) is 2.54. The Hall–Kier alpha value is -2.39. The first-order valence-corrected chi connectivity index (χ1v) is 6.93. The van der Waals surface area contributed by atoms with E-state index in [1.165, 1.54) is 0 Å². The molecule has 0 aliphatic heterocycles. The summed E-state index contributed by atoms with van der Waals surface area (Å²) in [5.74, 6) is 0.819. The number of fused-ring (bicyclic) bond motifs is 1. The van der Waals surface area contributed by atoms with E-state index in [1.807, 2.05) is 54.6 Å². The fourth-order valence-corrected chi connectivity index (χ4v) is 2.59. The maximum atomic E-state index is 10.6. The van der Waals surface area contributed by atoms with Crippen LogP contribution in [0, 0.1) is 0 Å². The minimum Gasteiger partial charge on any atom is -0.496 e. The summed E-state index contributed by atoms with van der Waals surface area (Å²) in [5.41, 5.74) is 1.78. The highest BCUT2D eigenvalue weighted by Gasteiger charge is 2.14. The number of nitrogens with zero attached hydrogens (tertiary/aromatic N) is 1. The van der Waals surface area contributed by atoms with Crippen LogP contribution in [-0.2, 0) is 6.42 Å². The van der Waals surface area contributed by atoms with Gasteiger partial charge in [0, 0.05) is 23.7 Å². The molecule has 1 atom stereocenters. The Bertz CT molecular complexity index is 741. The van der Waals surface area contributed by atoms with Crippen LogP contribution in [0.4, 0.5) is 0 Å². The zero-order chi connectivity index (χ0) is 14.7. The molecule has 3 aromatic rings. The number of rotatable bonds is 4. The predicted octanol–water partition coefficient (Wildman–Crippen LogP) is 3.52. The van der Waals surface area contributed by atoms with Crippen molar-refractivity contribution in [2.24, 2.45) is 0 Å². The van der Waals surface area contributed by atoms with Gasteiger partial charge in [-0.05, 0) is 29.1 Å². The van der Waals surface area contributed by atoms with Crippen molar-refractivity contribution in [3.05, 3.63) is 72.1 Å². The standard InChI is InChI=1S/C18H17NO2/c1-21-18-10-9-15(14-7-2-3-8-16(14)18)17(20)12-13-6-4-5-11-19-13/h2-11,17,20H,12H2,1H3. The van der Waals surface area contributed by atoms with Crippen LogP contribution in [-0.4, -0.2) is 17.2 Å². The molecule has 0 bridgehead atoms. The van der Waals surface area contributed by atoms with E-state index < -0.39 is 6.10 Å². The van der Waals surface area contributed by atoms with Gasteiger partial charge in [0.25, 0.3) is 0 Å². The van der Waals surface area contributed by atoms with Crippen molar-refractivity contribution in [3.63, 3.8) is 0 Å². The number of aromatic nitrogens is 1.